The van der Waals surface area contributed by atoms with Gasteiger partial charge in [0.25, 0.3) is 0 Å². The molecule has 1 aliphatic rings. The molecule has 0 bridgehead atoms. The molecular weight excluding hydrogens is 214 g/mol. The van der Waals surface area contributed by atoms with E-state index in [0.29, 0.717) is 5.92 Å². The lowest BCUT2D eigenvalue weighted by molar-refractivity contribution is 0.124. The zero-order chi connectivity index (χ0) is 11.9. The van der Waals surface area contributed by atoms with E-state index in [1.807, 2.05) is 4.68 Å². The summed E-state index contributed by atoms with van der Waals surface area (Å²) in [5, 5.41) is 8.41. The van der Waals surface area contributed by atoms with E-state index in [1.165, 1.54) is 6.42 Å². The summed E-state index contributed by atoms with van der Waals surface area (Å²) in [5.74, 6) is 0.560. The molecule has 0 aliphatic heterocycles. The average molecular weight is 235 g/mol. The van der Waals surface area contributed by atoms with Crippen molar-refractivity contribution in [2.75, 3.05) is 13.2 Å². The number of nitrogens with zero attached hydrogens (tertiary/aromatic N) is 3. The molecule has 1 aromatic heterocycles. The van der Waals surface area contributed by atoms with E-state index >= 15 is 0 Å². The van der Waals surface area contributed by atoms with Crippen molar-refractivity contribution in [2.24, 2.45) is 0 Å². The molecule has 0 N–H and O–H groups in total. The molecule has 1 heterocycles. The van der Waals surface area contributed by atoms with Gasteiger partial charge in [-0.25, -0.2) is 4.68 Å². The summed E-state index contributed by atoms with van der Waals surface area (Å²) in [6.07, 6.45) is 11.1. The van der Waals surface area contributed by atoms with Gasteiger partial charge in [-0.2, -0.15) is 0 Å². The number of hydrogen-bond acceptors (Lipinski definition) is 3. The van der Waals surface area contributed by atoms with Crippen LogP contribution >= 0.6 is 0 Å². The number of allylic oxidation sites excluding steroid dienone is 2. The van der Waals surface area contributed by atoms with Crippen LogP contribution in [0.5, 0.6) is 0 Å². The summed E-state index contributed by atoms with van der Waals surface area (Å²) in [6, 6.07) is 0. The lowest BCUT2D eigenvalue weighted by Gasteiger charge is -2.13. The topological polar surface area (TPSA) is 39.9 Å². The molecule has 0 amide bonds. The Hall–Kier alpha value is -1.16. The van der Waals surface area contributed by atoms with E-state index in [9.17, 15) is 0 Å². The van der Waals surface area contributed by atoms with Crippen molar-refractivity contribution < 1.29 is 4.74 Å². The van der Waals surface area contributed by atoms with E-state index < -0.39 is 0 Å². The van der Waals surface area contributed by atoms with E-state index in [-0.39, 0.29) is 0 Å². The highest BCUT2D eigenvalue weighted by Crippen LogP contribution is 2.26. The first-order chi connectivity index (χ1) is 8.40. The number of ether oxygens (including phenoxy) is 1. The van der Waals surface area contributed by atoms with Gasteiger partial charge in [0.1, 0.15) is 0 Å². The van der Waals surface area contributed by atoms with Crippen LogP contribution in [0, 0.1) is 0 Å². The third kappa shape index (κ3) is 3.66. The molecule has 4 heteroatoms. The standard InChI is InChI=1S/C13H21N3O/c1-2-9-17-10-8-16-11-13(14-15-16)12-6-4-3-5-7-12/h3-4,11-12H,2,5-10H2,1H3/t12-/m1/s1. The van der Waals surface area contributed by atoms with Gasteiger partial charge in [-0.05, 0) is 25.7 Å². The molecular formula is C13H21N3O. The van der Waals surface area contributed by atoms with Crippen molar-refractivity contribution in [1.82, 2.24) is 15.0 Å². The van der Waals surface area contributed by atoms with Crippen LogP contribution in [0.25, 0.3) is 0 Å². The molecule has 0 aromatic carbocycles. The second kappa shape index (κ2) is 6.55. The first kappa shape index (κ1) is 12.3. The molecule has 0 radical (unpaired) electrons. The lowest BCUT2D eigenvalue weighted by Crippen LogP contribution is -2.07. The van der Waals surface area contributed by atoms with Crippen molar-refractivity contribution >= 4 is 0 Å². The maximum Gasteiger partial charge on any atom is 0.0861 e. The number of aromatic nitrogens is 3. The van der Waals surface area contributed by atoms with E-state index in [2.05, 4.69) is 35.6 Å². The summed E-state index contributed by atoms with van der Waals surface area (Å²) < 4.78 is 7.33. The number of hydrogen-bond donors (Lipinski definition) is 0. The van der Waals surface area contributed by atoms with Crippen LogP contribution < -0.4 is 0 Å². The Morgan fingerprint density at radius 1 is 1.41 bits per heavy atom. The highest BCUT2D eigenvalue weighted by atomic mass is 16.5. The SMILES string of the molecule is CCCOCCn1cc([C@@H]2CC=CCC2)nn1. The summed E-state index contributed by atoms with van der Waals surface area (Å²) >= 11 is 0. The molecule has 4 nitrogen and oxygen atoms in total. The highest BCUT2D eigenvalue weighted by molar-refractivity contribution is 5.08. The van der Waals surface area contributed by atoms with Crippen molar-refractivity contribution in [3.8, 4) is 0 Å². The predicted octanol–water partition coefficient (Wildman–Crippen LogP) is 2.53. The largest absolute Gasteiger partial charge is 0.380 e. The predicted molar refractivity (Wildman–Crippen MR) is 66.9 cm³/mol. The van der Waals surface area contributed by atoms with Crippen LogP contribution in [0.1, 0.15) is 44.2 Å². The van der Waals surface area contributed by atoms with Crippen LogP contribution in [0.3, 0.4) is 0 Å². The molecule has 17 heavy (non-hydrogen) atoms. The minimum atomic E-state index is 0.560. The molecule has 0 unspecified atom stereocenters. The molecule has 1 atom stereocenters. The summed E-state index contributed by atoms with van der Waals surface area (Å²) in [7, 11) is 0. The van der Waals surface area contributed by atoms with Crippen LogP contribution in [-0.2, 0) is 11.3 Å². The second-order valence-corrected chi connectivity index (χ2v) is 4.50. The fourth-order valence-electron chi connectivity index (χ4n) is 2.08. The van der Waals surface area contributed by atoms with E-state index in [4.69, 9.17) is 4.74 Å². The third-order valence-corrected chi connectivity index (χ3v) is 3.06. The van der Waals surface area contributed by atoms with Crippen molar-refractivity contribution in [3.05, 3.63) is 24.0 Å². The summed E-state index contributed by atoms with van der Waals surface area (Å²) in [6.45, 7) is 4.47. The Morgan fingerprint density at radius 2 is 2.35 bits per heavy atom. The first-order valence-electron chi connectivity index (χ1n) is 6.53. The Morgan fingerprint density at radius 3 is 3.12 bits per heavy atom. The average Bonchev–Trinajstić information content (AvgIpc) is 2.85. The van der Waals surface area contributed by atoms with Crippen LogP contribution in [0.15, 0.2) is 18.3 Å². The van der Waals surface area contributed by atoms with Crippen molar-refractivity contribution in [1.29, 1.82) is 0 Å². The van der Waals surface area contributed by atoms with Gasteiger partial charge in [0, 0.05) is 18.7 Å². The molecule has 1 aromatic rings. The smallest absolute Gasteiger partial charge is 0.0861 e. The summed E-state index contributed by atoms with van der Waals surface area (Å²) in [5.41, 5.74) is 1.13. The number of rotatable bonds is 6. The van der Waals surface area contributed by atoms with Gasteiger partial charge >= 0.3 is 0 Å². The van der Waals surface area contributed by atoms with Gasteiger partial charge < -0.3 is 4.74 Å². The van der Waals surface area contributed by atoms with Crippen molar-refractivity contribution in [2.45, 2.75) is 45.1 Å². The van der Waals surface area contributed by atoms with Crippen molar-refractivity contribution in [3.63, 3.8) is 0 Å². The normalized spacial score (nSPS) is 19.7. The summed E-state index contributed by atoms with van der Waals surface area (Å²) in [4.78, 5) is 0. The molecule has 0 spiro atoms. The van der Waals surface area contributed by atoms with Gasteiger partial charge in [0.2, 0.25) is 0 Å². The lowest BCUT2D eigenvalue weighted by atomic mass is 9.92. The third-order valence-electron chi connectivity index (χ3n) is 3.06. The van der Waals surface area contributed by atoms with E-state index in [0.717, 1.165) is 44.7 Å². The van der Waals surface area contributed by atoms with Crippen LogP contribution in [-0.4, -0.2) is 28.2 Å². The van der Waals surface area contributed by atoms with Crippen LogP contribution in [0.2, 0.25) is 0 Å². The van der Waals surface area contributed by atoms with Gasteiger partial charge in [0.15, 0.2) is 0 Å². The molecule has 0 saturated heterocycles. The minimum Gasteiger partial charge on any atom is -0.380 e. The zero-order valence-electron chi connectivity index (χ0n) is 10.5. The monoisotopic (exact) mass is 235 g/mol. The highest BCUT2D eigenvalue weighted by Gasteiger charge is 2.15. The second-order valence-electron chi connectivity index (χ2n) is 4.50. The molecule has 1 aliphatic carbocycles. The maximum absolute atomic E-state index is 5.44. The Balaban J connectivity index is 1.81. The van der Waals surface area contributed by atoms with Gasteiger partial charge in [-0.15, -0.1) is 5.10 Å². The van der Waals surface area contributed by atoms with Gasteiger partial charge in [-0.3, -0.25) is 0 Å². The first-order valence-corrected chi connectivity index (χ1v) is 6.53. The molecule has 2 rings (SSSR count). The molecule has 94 valence electrons. The fraction of sp³-hybridized carbons (Fsp3) is 0.692. The zero-order valence-corrected chi connectivity index (χ0v) is 10.5. The maximum atomic E-state index is 5.44. The Labute approximate surface area is 103 Å². The fourth-order valence-corrected chi connectivity index (χ4v) is 2.08. The van der Waals surface area contributed by atoms with Gasteiger partial charge in [0.05, 0.1) is 18.8 Å². The van der Waals surface area contributed by atoms with E-state index in [1.54, 1.807) is 0 Å². The quantitative estimate of drug-likeness (QED) is 0.562. The Bertz CT molecular complexity index is 359. The van der Waals surface area contributed by atoms with Crippen LogP contribution in [0.4, 0.5) is 0 Å². The van der Waals surface area contributed by atoms with Gasteiger partial charge in [-0.1, -0.05) is 24.3 Å². The Kier molecular flexibility index (Phi) is 4.74. The molecule has 0 fully saturated rings. The minimum absolute atomic E-state index is 0.560. The molecule has 0 saturated carbocycles.